The van der Waals surface area contributed by atoms with E-state index in [1.165, 1.54) is 12.1 Å². The molecule has 0 aliphatic carbocycles. The summed E-state index contributed by atoms with van der Waals surface area (Å²) in [6.45, 7) is 5.35. The van der Waals surface area contributed by atoms with Crippen LogP contribution in [0, 0.1) is 5.82 Å². The van der Waals surface area contributed by atoms with Gasteiger partial charge in [0, 0.05) is 12.6 Å². The van der Waals surface area contributed by atoms with Crippen molar-refractivity contribution < 1.29 is 17.6 Å². The van der Waals surface area contributed by atoms with E-state index >= 15 is 0 Å². The van der Waals surface area contributed by atoms with Crippen LogP contribution in [-0.4, -0.2) is 25.8 Å². The first-order chi connectivity index (χ1) is 9.78. The molecule has 1 unspecified atom stereocenters. The summed E-state index contributed by atoms with van der Waals surface area (Å²) in [6, 6.07) is 4.37. The van der Waals surface area contributed by atoms with Crippen molar-refractivity contribution in [3.63, 3.8) is 0 Å². The number of nitrogens with zero attached hydrogens (tertiary/aromatic N) is 1. The minimum Gasteiger partial charge on any atom is -0.360 e. The molecule has 21 heavy (non-hydrogen) atoms. The molecule has 0 heterocycles. The van der Waals surface area contributed by atoms with Gasteiger partial charge in [-0.05, 0) is 37.6 Å². The second kappa shape index (κ2) is 7.64. The van der Waals surface area contributed by atoms with Gasteiger partial charge in [0.25, 0.3) is 0 Å². The van der Waals surface area contributed by atoms with Gasteiger partial charge in [0.1, 0.15) is 12.4 Å². The average molecular weight is 306 g/mol. The van der Waals surface area contributed by atoms with Crippen LogP contribution in [0.1, 0.15) is 38.8 Å². The lowest BCUT2D eigenvalue weighted by Gasteiger charge is -2.26. The van der Waals surface area contributed by atoms with E-state index in [1.54, 1.807) is 13.0 Å². The van der Waals surface area contributed by atoms with Gasteiger partial charge in [-0.25, -0.2) is 4.39 Å². The zero-order valence-electron chi connectivity index (χ0n) is 12.6. The molecule has 0 aliphatic heterocycles. The average Bonchev–Trinajstić information content (AvgIpc) is 2.37. The number of anilines is 1. The molecular formula is C15H22F4N2. The Kier molecular flexibility index (Phi) is 6.45. The van der Waals surface area contributed by atoms with Gasteiger partial charge in [0.05, 0.1) is 5.69 Å². The third-order valence-electron chi connectivity index (χ3n) is 3.19. The topological polar surface area (TPSA) is 15.3 Å². The Morgan fingerprint density at radius 1 is 1.24 bits per heavy atom. The highest BCUT2D eigenvalue weighted by molar-refractivity contribution is 5.49. The minimum absolute atomic E-state index is 0.00150. The van der Waals surface area contributed by atoms with Crippen molar-refractivity contribution in [2.45, 2.75) is 39.4 Å². The fraction of sp³-hybridized carbons (Fsp3) is 0.600. The molecule has 1 N–H and O–H groups in total. The number of hydrogen-bond donors (Lipinski definition) is 1. The molecule has 1 rings (SSSR count). The van der Waals surface area contributed by atoms with E-state index in [9.17, 15) is 17.6 Å². The van der Waals surface area contributed by atoms with Crippen LogP contribution in [0.25, 0.3) is 0 Å². The lowest BCUT2D eigenvalue weighted by molar-refractivity contribution is -0.119. The van der Waals surface area contributed by atoms with Gasteiger partial charge < -0.3 is 10.2 Å². The fourth-order valence-electron chi connectivity index (χ4n) is 2.24. The Morgan fingerprint density at radius 2 is 1.90 bits per heavy atom. The van der Waals surface area contributed by atoms with Gasteiger partial charge in [0.2, 0.25) is 0 Å². The Balaban J connectivity index is 2.99. The Hall–Kier alpha value is -1.30. The van der Waals surface area contributed by atoms with Crippen molar-refractivity contribution in [3.8, 4) is 0 Å². The van der Waals surface area contributed by atoms with E-state index in [0.717, 1.165) is 17.0 Å². The van der Waals surface area contributed by atoms with Crippen LogP contribution in [0.15, 0.2) is 18.2 Å². The molecule has 0 saturated carbocycles. The molecule has 0 radical (unpaired) electrons. The molecule has 1 aromatic carbocycles. The van der Waals surface area contributed by atoms with E-state index < -0.39 is 18.5 Å². The first-order valence-corrected chi connectivity index (χ1v) is 7.13. The van der Waals surface area contributed by atoms with Gasteiger partial charge in [-0.3, -0.25) is 0 Å². The molecule has 120 valence electrons. The number of nitrogens with one attached hydrogen (secondary N) is 1. The maximum absolute atomic E-state index is 14.2. The summed E-state index contributed by atoms with van der Waals surface area (Å²) in [5, 5.41) is 3.14. The smallest absolute Gasteiger partial charge is 0.360 e. The number of rotatable bonds is 7. The monoisotopic (exact) mass is 306 g/mol. The molecule has 6 heteroatoms. The van der Waals surface area contributed by atoms with Gasteiger partial charge in [-0.1, -0.05) is 19.9 Å². The normalized spacial score (nSPS) is 13.3. The van der Waals surface area contributed by atoms with E-state index in [4.69, 9.17) is 0 Å². The first kappa shape index (κ1) is 17.8. The molecule has 1 atom stereocenters. The van der Waals surface area contributed by atoms with Gasteiger partial charge >= 0.3 is 6.18 Å². The number of hydrogen-bond acceptors (Lipinski definition) is 2. The van der Waals surface area contributed by atoms with Crippen molar-refractivity contribution >= 4 is 5.69 Å². The molecule has 0 fully saturated rings. The second-order valence-electron chi connectivity index (χ2n) is 5.03. The number of alkyl halides is 3. The molecule has 0 spiro atoms. The molecule has 0 bridgehead atoms. The predicted molar refractivity (Wildman–Crippen MR) is 77.1 cm³/mol. The zero-order valence-corrected chi connectivity index (χ0v) is 12.6. The standard InChI is InChI=1S/C15H22F4N2/c1-4-8-21(10-15(17,18)19)14-7-6-12(9-13(14)16)11(3)20-5-2/h6-7,9,11,20H,4-5,8,10H2,1-3H3. The summed E-state index contributed by atoms with van der Waals surface area (Å²) in [6.07, 6.45) is -3.83. The zero-order chi connectivity index (χ0) is 16.0. The largest absolute Gasteiger partial charge is 0.405 e. The lowest BCUT2D eigenvalue weighted by Crippen LogP contribution is -2.35. The molecule has 0 saturated heterocycles. The van der Waals surface area contributed by atoms with Crippen LogP contribution in [-0.2, 0) is 0 Å². The van der Waals surface area contributed by atoms with Crippen LogP contribution >= 0.6 is 0 Å². The molecule has 0 amide bonds. The Morgan fingerprint density at radius 3 is 2.38 bits per heavy atom. The third-order valence-corrected chi connectivity index (χ3v) is 3.19. The first-order valence-electron chi connectivity index (χ1n) is 7.13. The van der Waals surface area contributed by atoms with Crippen molar-refractivity contribution in [3.05, 3.63) is 29.6 Å². The van der Waals surface area contributed by atoms with Crippen molar-refractivity contribution in [1.82, 2.24) is 5.32 Å². The Labute approximate surface area is 123 Å². The molecule has 0 aromatic heterocycles. The van der Waals surface area contributed by atoms with E-state index in [2.05, 4.69) is 5.32 Å². The summed E-state index contributed by atoms with van der Waals surface area (Å²) < 4.78 is 51.9. The minimum atomic E-state index is -4.35. The molecule has 0 aliphatic rings. The van der Waals surface area contributed by atoms with Gasteiger partial charge in [-0.2, -0.15) is 13.2 Å². The molecule has 1 aromatic rings. The van der Waals surface area contributed by atoms with Crippen LogP contribution in [0.2, 0.25) is 0 Å². The summed E-state index contributed by atoms with van der Waals surface area (Å²) in [7, 11) is 0. The second-order valence-corrected chi connectivity index (χ2v) is 5.03. The van der Waals surface area contributed by atoms with Crippen molar-refractivity contribution in [2.75, 3.05) is 24.5 Å². The van der Waals surface area contributed by atoms with Gasteiger partial charge in [-0.15, -0.1) is 0 Å². The highest BCUT2D eigenvalue weighted by atomic mass is 19.4. The van der Waals surface area contributed by atoms with Crippen LogP contribution in [0.5, 0.6) is 0 Å². The van der Waals surface area contributed by atoms with Crippen LogP contribution in [0.3, 0.4) is 0 Å². The molecule has 2 nitrogen and oxygen atoms in total. The van der Waals surface area contributed by atoms with Crippen LogP contribution < -0.4 is 10.2 Å². The fourth-order valence-corrected chi connectivity index (χ4v) is 2.24. The lowest BCUT2D eigenvalue weighted by atomic mass is 10.1. The Bertz CT molecular complexity index is 446. The van der Waals surface area contributed by atoms with E-state index in [-0.39, 0.29) is 18.3 Å². The number of benzene rings is 1. The summed E-state index contributed by atoms with van der Waals surface area (Å²) in [5.74, 6) is -0.616. The van der Waals surface area contributed by atoms with Crippen LogP contribution in [0.4, 0.5) is 23.2 Å². The maximum atomic E-state index is 14.2. The van der Waals surface area contributed by atoms with E-state index in [0.29, 0.717) is 6.42 Å². The predicted octanol–water partition coefficient (Wildman–Crippen LogP) is 4.27. The SMILES string of the molecule is CCCN(CC(F)(F)F)c1ccc(C(C)NCC)cc1F. The quantitative estimate of drug-likeness (QED) is 0.757. The summed E-state index contributed by atoms with van der Waals surface area (Å²) in [4.78, 5) is 1.04. The highest BCUT2D eigenvalue weighted by Gasteiger charge is 2.31. The van der Waals surface area contributed by atoms with Gasteiger partial charge in [0.15, 0.2) is 0 Å². The molecular weight excluding hydrogens is 284 g/mol. The highest BCUT2D eigenvalue weighted by Crippen LogP contribution is 2.27. The summed E-state index contributed by atoms with van der Waals surface area (Å²) >= 11 is 0. The summed E-state index contributed by atoms with van der Waals surface area (Å²) in [5.41, 5.74) is 0.725. The van der Waals surface area contributed by atoms with Crippen molar-refractivity contribution in [1.29, 1.82) is 0 Å². The van der Waals surface area contributed by atoms with E-state index in [1.807, 2.05) is 13.8 Å². The third kappa shape index (κ3) is 5.53. The number of halogens is 4. The maximum Gasteiger partial charge on any atom is 0.405 e. The van der Waals surface area contributed by atoms with Crippen molar-refractivity contribution in [2.24, 2.45) is 0 Å².